The molecule has 6 heteroatoms. The van der Waals surface area contributed by atoms with Crippen LogP contribution in [0.25, 0.3) is 0 Å². The second-order valence-electron chi connectivity index (χ2n) is 6.95. The molecule has 0 aromatic heterocycles. The zero-order chi connectivity index (χ0) is 19.4. The van der Waals surface area contributed by atoms with Gasteiger partial charge in [-0.2, -0.15) is 0 Å². The third kappa shape index (κ3) is 3.99. The maximum absolute atomic E-state index is 13.7. The number of carboxylic acid groups (broad SMARTS) is 1. The van der Waals surface area contributed by atoms with Gasteiger partial charge < -0.3 is 10.4 Å². The zero-order valence-electron chi connectivity index (χ0n) is 14.8. The molecule has 1 unspecified atom stereocenters. The van der Waals surface area contributed by atoms with Gasteiger partial charge in [0.2, 0.25) is 5.91 Å². The molecule has 1 aliphatic rings. The van der Waals surface area contributed by atoms with Gasteiger partial charge in [-0.15, -0.1) is 0 Å². The fraction of sp³-hybridized carbons (Fsp3) is 0.333. The number of amides is 1. The van der Waals surface area contributed by atoms with Crippen molar-refractivity contribution in [3.05, 3.63) is 71.3 Å². The van der Waals surface area contributed by atoms with Crippen molar-refractivity contribution in [2.75, 3.05) is 6.54 Å². The number of rotatable bonds is 6. The summed E-state index contributed by atoms with van der Waals surface area (Å²) in [4.78, 5) is 24.6. The lowest BCUT2D eigenvalue weighted by Crippen LogP contribution is -2.44. The molecule has 2 aromatic rings. The highest BCUT2D eigenvalue weighted by atomic mass is 19.1. The monoisotopic (exact) mass is 373 g/mol. The average molecular weight is 373 g/mol. The molecule has 2 N–H and O–H groups in total. The molecular weight excluding hydrogens is 352 g/mol. The largest absolute Gasteiger partial charge is 0.481 e. The van der Waals surface area contributed by atoms with Crippen molar-refractivity contribution in [1.29, 1.82) is 0 Å². The van der Waals surface area contributed by atoms with E-state index in [-0.39, 0.29) is 12.5 Å². The number of carbonyl (C=O) groups excluding carboxylic acids is 1. The molecule has 3 rings (SSSR count). The van der Waals surface area contributed by atoms with Crippen molar-refractivity contribution >= 4 is 11.9 Å². The molecule has 0 aliphatic heterocycles. The van der Waals surface area contributed by atoms with E-state index in [4.69, 9.17) is 0 Å². The van der Waals surface area contributed by atoms with Gasteiger partial charge in [-0.05, 0) is 48.2 Å². The Bertz CT molecular complexity index is 830. The maximum atomic E-state index is 13.7. The average Bonchev–Trinajstić information content (AvgIpc) is 3.14. The van der Waals surface area contributed by atoms with Gasteiger partial charge in [0.1, 0.15) is 11.6 Å². The molecule has 0 bridgehead atoms. The lowest BCUT2D eigenvalue weighted by atomic mass is 9.78. The van der Waals surface area contributed by atoms with Gasteiger partial charge in [0, 0.05) is 6.54 Å². The Morgan fingerprint density at radius 1 is 1.04 bits per heavy atom. The van der Waals surface area contributed by atoms with Crippen LogP contribution in [0.3, 0.4) is 0 Å². The van der Waals surface area contributed by atoms with E-state index in [2.05, 4.69) is 5.32 Å². The summed E-state index contributed by atoms with van der Waals surface area (Å²) in [6.45, 7) is -0.114. The number of hydrogen-bond donors (Lipinski definition) is 2. The Morgan fingerprint density at radius 2 is 1.70 bits per heavy atom. The van der Waals surface area contributed by atoms with Gasteiger partial charge in [0.05, 0.1) is 11.3 Å². The Balaban J connectivity index is 1.79. The van der Waals surface area contributed by atoms with Gasteiger partial charge in [-0.25, -0.2) is 8.78 Å². The van der Waals surface area contributed by atoms with Gasteiger partial charge in [-0.3, -0.25) is 9.59 Å². The van der Waals surface area contributed by atoms with E-state index in [0.29, 0.717) is 24.0 Å². The van der Waals surface area contributed by atoms with Crippen LogP contribution in [0.5, 0.6) is 0 Å². The third-order valence-electron chi connectivity index (χ3n) is 5.31. The first-order valence-electron chi connectivity index (χ1n) is 8.95. The summed E-state index contributed by atoms with van der Waals surface area (Å²) in [5.74, 6) is -3.24. The van der Waals surface area contributed by atoms with Gasteiger partial charge >= 0.3 is 5.97 Å². The number of nitrogens with one attached hydrogen (secondary N) is 1. The Labute approximate surface area is 156 Å². The van der Waals surface area contributed by atoms with Crippen LogP contribution >= 0.6 is 0 Å². The minimum absolute atomic E-state index is 0.114. The van der Waals surface area contributed by atoms with E-state index >= 15 is 0 Å². The van der Waals surface area contributed by atoms with Crippen LogP contribution < -0.4 is 5.32 Å². The standard InChI is InChI=1S/C21H21F2NO3/c22-16-8-6-14(7-9-16)18(19(25)26)13-24-20(27)21(10-1-2-11-21)15-4-3-5-17(23)12-15/h3-9,12,18H,1-2,10-11,13H2,(H,24,27)(H,25,26). The van der Waals surface area contributed by atoms with Crippen molar-refractivity contribution in [2.45, 2.75) is 37.0 Å². The molecule has 0 radical (unpaired) electrons. The van der Waals surface area contributed by atoms with Crippen molar-refractivity contribution in [3.63, 3.8) is 0 Å². The van der Waals surface area contributed by atoms with Crippen LogP contribution in [0.4, 0.5) is 8.78 Å². The highest BCUT2D eigenvalue weighted by molar-refractivity contribution is 5.89. The first kappa shape index (κ1) is 19.0. The number of halogens is 2. The van der Waals surface area contributed by atoms with Crippen LogP contribution in [0, 0.1) is 11.6 Å². The van der Waals surface area contributed by atoms with E-state index in [9.17, 15) is 23.5 Å². The molecule has 0 heterocycles. The molecule has 1 amide bonds. The SMILES string of the molecule is O=C(O)C(CNC(=O)C1(c2cccc(F)c2)CCCC1)c1ccc(F)cc1. The topological polar surface area (TPSA) is 66.4 Å². The number of benzene rings is 2. The van der Waals surface area contributed by atoms with Crippen LogP contribution in [0.15, 0.2) is 48.5 Å². The lowest BCUT2D eigenvalue weighted by molar-refractivity contribution is -0.138. The molecule has 1 saturated carbocycles. The highest BCUT2D eigenvalue weighted by Crippen LogP contribution is 2.41. The maximum Gasteiger partial charge on any atom is 0.312 e. The second-order valence-corrected chi connectivity index (χ2v) is 6.95. The van der Waals surface area contributed by atoms with Crippen LogP contribution in [-0.4, -0.2) is 23.5 Å². The molecule has 2 aromatic carbocycles. The van der Waals surface area contributed by atoms with E-state index in [1.54, 1.807) is 12.1 Å². The van der Waals surface area contributed by atoms with E-state index in [1.807, 2.05) is 0 Å². The minimum Gasteiger partial charge on any atom is -0.481 e. The third-order valence-corrected chi connectivity index (χ3v) is 5.31. The fourth-order valence-corrected chi connectivity index (χ4v) is 3.82. The second kappa shape index (κ2) is 7.86. The van der Waals surface area contributed by atoms with Gasteiger partial charge in [0.25, 0.3) is 0 Å². The molecule has 4 nitrogen and oxygen atoms in total. The van der Waals surface area contributed by atoms with Crippen LogP contribution in [-0.2, 0) is 15.0 Å². The summed E-state index contributed by atoms with van der Waals surface area (Å²) in [5.41, 5.74) is 0.190. The predicted molar refractivity (Wildman–Crippen MR) is 96.3 cm³/mol. The molecule has 1 atom stereocenters. The number of carboxylic acids is 1. The smallest absolute Gasteiger partial charge is 0.312 e. The molecule has 0 spiro atoms. The summed E-state index contributed by atoms with van der Waals surface area (Å²) >= 11 is 0. The fourth-order valence-electron chi connectivity index (χ4n) is 3.82. The summed E-state index contributed by atoms with van der Waals surface area (Å²) in [7, 11) is 0. The molecule has 1 aliphatic carbocycles. The van der Waals surface area contributed by atoms with Crippen LogP contribution in [0.2, 0.25) is 0 Å². The number of carbonyl (C=O) groups is 2. The van der Waals surface area contributed by atoms with Crippen molar-refractivity contribution < 1.29 is 23.5 Å². The van der Waals surface area contributed by atoms with Crippen molar-refractivity contribution in [2.24, 2.45) is 0 Å². The Morgan fingerprint density at radius 3 is 2.30 bits per heavy atom. The molecule has 142 valence electrons. The van der Waals surface area contributed by atoms with Crippen molar-refractivity contribution in [1.82, 2.24) is 5.32 Å². The number of aliphatic carboxylic acids is 1. The minimum atomic E-state index is -1.10. The quantitative estimate of drug-likeness (QED) is 0.810. The van der Waals surface area contributed by atoms with E-state index in [1.165, 1.54) is 36.4 Å². The molecule has 0 saturated heterocycles. The summed E-state index contributed by atoms with van der Waals surface area (Å²) in [6, 6.07) is 11.2. The Kier molecular flexibility index (Phi) is 5.54. The molecule has 27 heavy (non-hydrogen) atoms. The highest BCUT2D eigenvalue weighted by Gasteiger charge is 2.43. The first-order chi connectivity index (χ1) is 12.9. The van der Waals surface area contributed by atoms with Crippen LogP contribution in [0.1, 0.15) is 42.7 Å². The molecular formula is C21H21F2NO3. The summed E-state index contributed by atoms with van der Waals surface area (Å²) in [6.07, 6.45) is 2.89. The first-order valence-corrected chi connectivity index (χ1v) is 8.95. The van der Waals surface area contributed by atoms with Gasteiger partial charge in [-0.1, -0.05) is 37.1 Å². The van der Waals surface area contributed by atoms with E-state index < -0.39 is 28.9 Å². The molecule has 1 fully saturated rings. The van der Waals surface area contributed by atoms with Gasteiger partial charge in [0.15, 0.2) is 0 Å². The van der Waals surface area contributed by atoms with Crippen molar-refractivity contribution in [3.8, 4) is 0 Å². The predicted octanol–water partition coefficient (Wildman–Crippen LogP) is 3.76. The Hall–Kier alpha value is -2.76. The summed E-state index contributed by atoms with van der Waals surface area (Å²) < 4.78 is 26.8. The zero-order valence-corrected chi connectivity index (χ0v) is 14.8. The summed E-state index contributed by atoms with van der Waals surface area (Å²) in [5, 5.41) is 12.2. The normalized spacial score (nSPS) is 16.7. The van der Waals surface area contributed by atoms with E-state index in [0.717, 1.165) is 12.8 Å². The number of hydrogen-bond acceptors (Lipinski definition) is 2. The lowest BCUT2D eigenvalue weighted by Gasteiger charge is -2.29.